The lowest BCUT2D eigenvalue weighted by Crippen LogP contribution is -2.11. The van der Waals surface area contributed by atoms with Crippen LogP contribution in [0.4, 0.5) is 5.82 Å². The van der Waals surface area contributed by atoms with Gasteiger partial charge in [0, 0.05) is 6.42 Å². The molecule has 4 nitrogen and oxygen atoms in total. The molecule has 0 radical (unpaired) electrons. The van der Waals surface area contributed by atoms with Gasteiger partial charge in [0.1, 0.15) is 0 Å². The fourth-order valence-corrected chi connectivity index (χ4v) is 0.846. The molecule has 1 heterocycles. The third-order valence-corrected chi connectivity index (χ3v) is 1.67. The van der Waals surface area contributed by atoms with Crippen LogP contribution in [0, 0.1) is 0 Å². The molecule has 1 rings (SSSR count). The van der Waals surface area contributed by atoms with Gasteiger partial charge in [0.05, 0.1) is 5.69 Å². The lowest BCUT2D eigenvalue weighted by molar-refractivity contribution is -0.115. The van der Waals surface area contributed by atoms with Crippen molar-refractivity contribution in [2.45, 2.75) is 26.7 Å². The molecule has 0 aliphatic heterocycles. The van der Waals surface area contributed by atoms with Gasteiger partial charge in [0.15, 0.2) is 5.82 Å². The summed E-state index contributed by atoms with van der Waals surface area (Å²) < 4.78 is 0. The molecule has 0 bridgehead atoms. The highest BCUT2D eigenvalue weighted by Crippen LogP contribution is 2.02. The first-order valence-corrected chi connectivity index (χ1v) is 4.38. The van der Waals surface area contributed by atoms with Crippen LogP contribution in [0.1, 0.15) is 26.0 Å². The van der Waals surface area contributed by atoms with E-state index < -0.39 is 0 Å². The molecule has 13 heavy (non-hydrogen) atoms. The van der Waals surface area contributed by atoms with Crippen molar-refractivity contribution in [3.63, 3.8) is 0 Å². The molecule has 0 atom stereocenters. The van der Waals surface area contributed by atoms with Gasteiger partial charge in [-0.15, -0.1) is 5.10 Å². The number of anilines is 1. The third-order valence-electron chi connectivity index (χ3n) is 1.67. The van der Waals surface area contributed by atoms with Gasteiger partial charge < -0.3 is 5.32 Å². The minimum atomic E-state index is -0.0430. The molecule has 0 aliphatic rings. The summed E-state index contributed by atoms with van der Waals surface area (Å²) in [5.41, 5.74) is 0.925. The molecular weight excluding hydrogens is 166 g/mol. The third kappa shape index (κ3) is 2.82. The predicted molar refractivity (Wildman–Crippen MR) is 50.3 cm³/mol. The summed E-state index contributed by atoms with van der Waals surface area (Å²) in [4.78, 5) is 11.0. The molecule has 0 fully saturated rings. The van der Waals surface area contributed by atoms with E-state index in [0.29, 0.717) is 12.2 Å². The van der Waals surface area contributed by atoms with Crippen molar-refractivity contribution in [2.24, 2.45) is 0 Å². The summed E-state index contributed by atoms with van der Waals surface area (Å²) >= 11 is 0. The molecular formula is C9H13N3O. The van der Waals surface area contributed by atoms with Crippen LogP contribution in [0.25, 0.3) is 0 Å². The van der Waals surface area contributed by atoms with Crippen LogP contribution in [0.5, 0.6) is 0 Å². The van der Waals surface area contributed by atoms with E-state index in [1.165, 1.54) is 0 Å². The van der Waals surface area contributed by atoms with E-state index in [1.807, 2.05) is 13.0 Å². The van der Waals surface area contributed by atoms with Crippen LogP contribution < -0.4 is 5.32 Å². The molecule has 70 valence electrons. The zero-order chi connectivity index (χ0) is 9.68. The van der Waals surface area contributed by atoms with Crippen molar-refractivity contribution in [1.82, 2.24) is 10.2 Å². The summed E-state index contributed by atoms with van der Waals surface area (Å²) in [6, 6.07) is 3.62. The molecule has 1 N–H and O–H groups in total. The van der Waals surface area contributed by atoms with E-state index in [-0.39, 0.29) is 5.91 Å². The van der Waals surface area contributed by atoms with E-state index in [0.717, 1.165) is 12.1 Å². The molecule has 0 saturated carbocycles. The molecule has 0 unspecified atom stereocenters. The maximum Gasteiger partial charge on any atom is 0.225 e. The second-order valence-electron chi connectivity index (χ2n) is 2.67. The van der Waals surface area contributed by atoms with E-state index in [2.05, 4.69) is 15.5 Å². The minimum Gasteiger partial charge on any atom is -0.309 e. The normalized spacial score (nSPS) is 9.69. The number of aryl methyl sites for hydroxylation is 1. The van der Waals surface area contributed by atoms with Gasteiger partial charge in [0.25, 0.3) is 0 Å². The first-order chi connectivity index (χ1) is 6.26. The van der Waals surface area contributed by atoms with Gasteiger partial charge in [-0.2, -0.15) is 5.10 Å². The molecule has 4 heteroatoms. The Morgan fingerprint density at radius 2 is 2.15 bits per heavy atom. The number of hydrogen-bond donors (Lipinski definition) is 1. The highest BCUT2D eigenvalue weighted by molar-refractivity contribution is 5.89. The number of nitrogens with one attached hydrogen (secondary N) is 1. The summed E-state index contributed by atoms with van der Waals surface area (Å²) in [5, 5.41) is 10.4. The Morgan fingerprint density at radius 3 is 2.62 bits per heavy atom. The standard InChI is InChI=1S/C9H13N3O/c1-3-7-5-6-8(12-11-7)10-9(13)4-2/h5-6H,3-4H2,1-2H3,(H,10,12,13). The Kier molecular flexibility index (Phi) is 3.37. The smallest absolute Gasteiger partial charge is 0.225 e. The number of aromatic nitrogens is 2. The minimum absolute atomic E-state index is 0.0430. The zero-order valence-corrected chi connectivity index (χ0v) is 7.87. The molecule has 1 aromatic rings. The van der Waals surface area contributed by atoms with Gasteiger partial charge in [-0.05, 0) is 18.6 Å². The number of carbonyl (C=O) groups excluding carboxylic acids is 1. The highest BCUT2D eigenvalue weighted by atomic mass is 16.1. The lowest BCUT2D eigenvalue weighted by Gasteiger charge is -2.01. The van der Waals surface area contributed by atoms with Crippen LogP contribution in [-0.4, -0.2) is 16.1 Å². The number of hydrogen-bond acceptors (Lipinski definition) is 3. The Bertz CT molecular complexity index is 281. The lowest BCUT2D eigenvalue weighted by atomic mass is 10.3. The molecule has 0 saturated heterocycles. The average Bonchev–Trinajstić information content (AvgIpc) is 2.19. The maximum atomic E-state index is 11.0. The van der Waals surface area contributed by atoms with Crippen LogP contribution in [-0.2, 0) is 11.2 Å². The van der Waals surface area contributed by atoms with Crippen molar-refractivity contribution in [1.29, 1.82) is 0 Å². The van der Waals surface area contributed by atoms with Crippen LogP contribution in [0.2, 0.25) is 0 Å². The topological polar surface area (TPSA) is 54.9 Å². The molecule has 0 aliphatic carbocycles. The van der Waals surface area contributed by atoms with Gasteiger partial charge >= 0.3 is 0 Å². The Labute approximate surface area is 77.4 Å². The summed E-state index contributed by atoms with van der Waals surface area (Å²) in [5.74, 6) is 0.475. The number of carbonyl (C=O) groups is 1. The van der Waals surface area contributed by atoms with Gasteiger partial charge in [0.2, 0.25) is 5.91 Å². The van der Waals surface area contributed by atoms with Crippen molar-refractivity contribution >= 4 is 11.7 Å². The van der Waals surface area contributed by atoms with Crippen molar-refractivity contribution in [3.8, 4) is 0 Å². The summed E-state index contributed by atoms with van der Waals surface area (Å²) in [6.07, 6.45) is 1.31. The van der Waals surface area contributed by atoms with Crippen molar-refractivity contribution < 1.29 is 4.79 Å². The Morgan fingerprint density at radius 1 is 1.38 bits per heavy atom. The predicted octanol–water partition coefficient (Wildman–Crippen LogP) is 1.39. The largest absolute Gasteiger partial charge is 0.309 e. The van der Waals surface area contributed by atoms with Crippen LogP contribution in [0.3, 0.4) is 0 Å². The average molecular weight is 179 g/mol. The summed E-state index contributed by atoms with van der Waals surface area (Å²) in [6.45, 7) is 3.80. The number of rotatable bonds is 3. The second kappa shape index (κ2) is 4.54. The van der Waals surface area contributed by atoms with E-state index >= 15 is 0 Å². The van der Waals surface area contributed by atoms with Gasteiger partial charge in [-0.3, -0.25) is 4.79 Å². The van der Waals surface area contributed by atoms with E-state index in [4.69, 9.17) is 0 Å². The van der Waals surface area contributed by atoms with Crippen molar-refractivity contribution in [3.05, 3.63) is 17.8 Å². The first-order valence-electron chi connectivity index (χ1n) is 4.38. The first kappa shape index (κ1) is 9.64. The second-order valence-corrected chi connectivity index (χ2v) is 2.67. The fourth-order valence-electron chi connectivity index (χ4n) is 0.846. The van der Waals surface area contributed by atoms with Crippen LogP contribution >= 0.6 is 0 Å². The Balaban J connectivity index is 2.64. The van der Waals surface area contributed by atoms with Gasteiger partial charge in [-0.1, -0.05) is 13.8 Å². The number of nitrogens with zero attached hydrogens (tertiary/aromatic N) is 2. The molecule has 1 aromatic heterocycles. The summed E-state index contributed by atoms with van der Waals surface area (Å²) in [7, 11) is 0. The SMILES string of the molecule is CCC(=O)Nc1ccc(CC)nn1. The molecule has 0 aromatic carbocycles. The number of amides is 1. The molecule has 0 spiro atoms. The maximum absolute atomic E-state index is 11.0. The fraction of sp³-hybridized carbons (Fsp3) is 0.444. The quantitative estimate of drug-likeness (QED) is 0.762. The van der Waals surface area contributed by atoms with Crippen LogP contribution in [0.15, 0.2) is 12.1 Å². The molecule has 1 amide bonds. The Hall–Kier alpha value is -1.45. The van der Waals surface area contributed by atoms with Gasteiger partial charge in [-0.25, -0.2) is 0 Å². The van der Waals surface area contributed by atoms with E-state index in [1.54, 1.807) is 13.0 Å². The van der Waals surface area contributed by atoms with Crippen molar-refractivity contribution in [2.75, 3.05) is 5.32 Å². The zero-order valence-electron chi connectivity index (χ0n) is 7.87. The highest BCUT2D eigenvalue weighted by Gasteiger charge is 1.99. The van der Waals surface area contributed by atoms with E-state index in [9.17, 15) is 4.79 Å². The monoisotopic (exact) mass is 179 g/mol.